The molecule has 0 unspecified atom stereocenters. The highest BCUT2D eigenvalue weighted by Gasteiger charge is 2.27. The second-order valence-electron chi connectivity index (χ2n) is 9.75. The standard InChI is InChI=1S/C27H22N10O4/c1-13-30-19-8-14(2-7-22(19)41-13)11-28-25(38)20-10-21(37-23(31-20)12-29-27(37)40)26(39)32-18-6-4-15-9-16(3-5-17(15)18)24-33-35-36-34-24/h2-3,5,7-10,12,18H,4,6,11H2,1H3,(H,28,38)(H,29,40)(H,32,39)(H,33,34,35,36)/t18-/m0/s1. The predicted octanol–water partition coefficient (Wildman–Crippen LogP) is 2.00. The van der Waals surface area contributed by atoms with E-state index >= 15 is 0 Å². The van der Waals surface area contributed by atoms with Crippen molar-refractivity contribution in [1.82, 2.24) is 50.6 Å². The number of aryl methyl sites for hydroxylation is 2. The maximum Gasteiger partial charge on any atom is 0.332 e. The van der Waals surface area contributed by atoms with Gasteiger partial charge in [-0.25, -0.2) is 19.2 Å². The number of tetrazole rings is 1. The quantitative estimate of drug-likeness (QED) is 0.240. The molecule has 0 spiro atoms. The first-order chi connectivity index (χ1) is 19.9. The monoisotopic (exact) mass is 550 g/mol. The van der Waals surface area contributed by atoms with Crippen LogP contribution in [0.25, 0.3) is 28.1 Å². The molecule has 2 aromatic carbocycles. The summed E-state index contributed by atoms with van der Waals surface area (Å²) in [6, 6.07) is 12.3. The number of benzene rings is 2. The number of fused-ring (bicyclic) bond motifs is 3. The van der Waals surface area contributed by atoms with Gasteiger partial charge >= 0.3 is 5.69 Å². The van der Waals surface area contributed by atoms with Gasteiger partial charge in [0, 0.05) is 25.2 Å². The minimum absolute atomic E-state index is 0.00255. The van der Waals surface area contributed by atoms with E-state index in [0.29, 0.717) is 29.2 Å². The molecular formula is C27H22N10O4. The highest BCUT2D eigenvalue weighted by Crippen LogP contribution is 2.33. The van der Waals surface area contributed by atoms with Crippen LogP contribution in [0.2, 0.25) is 0 Å². The smallest absolute Gasteiger partial charge is 0.332 e. The number of H-pyrrole nitrogens is 2. The molecule has 0 saturated heterocycles. The average molecular weight is 551 g/mol. The summed E-state index contributed by atoms with van der Waals surface area (Å²) in [5.74, 6) is 0.0544. The molecule has 204 valence electrons. The normalized spacial score (nSPS) is 14.4. The minimum atomic E-state index is -0.530. The largest absolute Gasteiger partial charge is 0.441 e. The molecule has 6 aromatic rings. The Balaban J connectivity index is 1.12. The molecule has 1 aliphatic carbocycles. The first kappa shape index (κ1) is 24.4. The summed E-state index contributed by atoms with van der Waals surface area (Å²) >= 11 is 0. The number of hydrogen-bond donors (Lipinski definition) is 4. The Hall–Kier alpha value is -5.66. The number of rotatable bonds is 6. The Morgan fingerprint density at radius 1 is 1.12 bits per heavy atom. The zero-order valence-electron chi connectivity index (χ0n) is 21.6. The number of carbonyl (C=O) groups excluding carboxylic acids is 2. The van der Waals surface area contributed by atoms with Crippen molar-refractivity contribution in [2.75, 3.05) is 0 Å². The van der Waals surface area contributed by atoms with Gasteiger partial charge in [0.15, 0.2) is 17.1 Å². The Labute approximate surface area is 230 Å². The first-order valence-corrected chi connectivity index (χ1v) is 12.9. The van der Waals surface area contributed by atoms with Crippen molar-refractivity contribution < 1.29 is 14.0 Å². The van der Waals surface area contributed by atoms with Gasteiger partial charge in [0.1, 0.15) is 16.9 Å². The molecule has 1 aliphatic rings. The molecule has 14 nitrogen and oxygen atoms in total. The second kappa shape index (κ2) is 9.51. The molecule has 0 aliphatic heterocycles. The number of aromatic nitrogens is 8. The number of imidazole rings is 1. The van der Waals surface area contributed by atoms with Gasteiger partial charge in [-0.2, -0.15) is 5.21 Å². The van der Waals surface area contributed by atoms with Crippen LogP contribution in [0, 0.1) is 6.92 Å². The first-order valence-electron chi connectivity index (χ1n) is 12.9. The molecule has 14 heteroatoms. The molecular weight excluding hydrogens is 528 g/mol. The van der Waals surface area contributed by atoms with Gasteiger partial charge in [-0.05, 0) is 59.0 Å². The molecule has 0 saturated carbocycles. The molecule has 0 radical (unpaired) electrons. The van der Waals surface area contributed by atoms with Crippen LogP contribution in [0.15, 0.2) is 57.9 Å². The molecule has 7 rings (SSSR count). The van der Waals surface area contributed by atoms with E-state index in [2.05, 4.69) is 46.2 Å². The van der Waals surface area contributed by atoms with Crippen LogP contribution in [0.5, 0.6) is 0 Å². The molecule has 41 heavy (non-hydrogen) atoms. The summed E-state index contributed by atoms with van der Waals surface area (Å²) in [4.78, 5) is 50.3. The molecule has 1 atom stereocenters. The number of nitrogens with zero attached hydrogens (tertiary/aromatic N) is 6. The van der Waals surface area contributed by atoms with Crippen LogP contribution in [0.3, 0.4) is 0 Å². The lowest BCUT2D eigenvalue weighted by atomic mass is 10.0. The van der Waals surface area contributed by atoms with Gasteiger partial charge in [0.25, 0.3) is 11.8 Å². The molecule has 4 aromatic heterocycles. The minimum Gasteiger partial charge on any atom is -0.441 e. The summed E-state index contributed by atoms with van der Waals surface area (Å²) in [5.41, 5.74) is 4.66. The number of hydrogen-bond acceptors (Lipinski definition) is 9. The summed E-state index contributed by atoms with van der Waals surface area (Å²) in [6.45, 7) is 1.97. The average Bonchev–Trinajstić information content (AvgIpc) is 3.78. The zero-order chi connectivity index (χ0) is 28.1. The third kappa shape index (κ3) is 4.40. The van der Waals surface area contributed by atoms with Crippen LogP contribution >= 0.6 is 0 Å². The lowest BCUT2D eigenvalue weighted by Gasteiger charge is -2.15. The zero-order valence-corrected chi connectivity index (χ0v) is 21.6. The van der Waals surface area contributed by atoms with E-state index in [1.165, 1.54) is 12.3 Å². The SMILES string of the molecule is Cc1nc2cc(CNC(=O)c3cc(C(=O)N[C@H]4CCc5cc(-c6nn[nH]n6)ccc54)n4c(=O)[nH]cc4n3)ccc2o1. The number of carbonyl (C=O) groups is 2. The Bertz CT molecular complexity index is 2020. The van der Waals surface area contributed by atoms with Crippen molar-refractivity contribution in [2.45, 2.75) is 32.4 Å². The van der Waals surface area contributed by atoms with E-state index in [-0.39, 0.29) is 29.6 Å². The number of oxazole rings is 1. The third-order valence-corrected chi connectivity index (χ3v) is 7.11. The maximum atomic E-state index is 13.5. The van der Waals surface area contributed by atoms with Gasteiger partial charge in [-0.3, -0.25) is 9.59 Å². The third-order valence-electron chi connectivity index (χ3n) is 7.11. The molecule has 0 bridgehead atoms. The van der Waals surface area contributed by atoms with Crippen molar-refractivity contribution in [3.8, 4) is 11.4 Å². The van der Waals surface area contributed by atoms with E-state index in [1.54, 1.807) is 13.0 Å². The maximum absolute atomic E-state index is 13.5. The fraction of sp³-hybridized carbons (Fsp3) is 0.185. The summed E-state index contributed by atoms with van der Waals surface area (Å²) in [6.07, 6.45) is 2.78. The fourth-order valence-electron chi connectivity index (χ4n) is 5.20. The van der Waals surface area contributed by atoms with Crippen molar-refractivity contribution >= 4 is 28.6 Å². The van der Waals surface area contributed by atoms with Crippen molar-refractivity contribution in [3.05, 3.63) is 93.1 Å². The van der Waals surface area contributed by atoms with E-state index in [0.717, 1.165) is 33.1 Å². The van der Waals surface area contributed by atoms with Crippen LogP contribution in [-0.2, 0) is 13.0 Å². The van der Waals surface area contributed by atoms with Crippen LogP contribution in [-0.4, -0.2) is 51.8 Å². The van der Waals surface area contributed by atoms with E-state index < -0.39 is 17.5 Å². The lowest BCUT2D eigenvalue weighted by Crippen LogP contribution is -2.32. The van der Waals surface area contributed by atoms with Crippen molar-refractivity contribution in [3.63, 3.8) is 0 Å². The van der Waals surface area contributed by atoms with Crippen LogP contribution < -0.4 is 16.3 Å². The van der Waals surface area contributed by atoms with Gasteiger partial charge in [0.2, 0.25) is 5.82 Å². The predicted molar refractivity (Wildman–Crippen MR) is 144 cm³/mol. The van der Waals surface area contributed by atoms with Crippen molar-refractivity contribution in [2.24, 2.45) is 0 Å². The second-order valence-corrected chi connectivity index (χ2v) is 9.75. The molecule has 4 N–H and O–H groups in total. The van der Waals surface area contributed by atoms with Gasteiger partial charge in [0.05, 0.1) is 6.04 Å². The highest BCUT2D eigenvalue weighted by molar-refractivity contribution is 5.98. The van der Waals surface area contributed by atoms with Gasteiger partial charge in [-0.15, -0.1) is 10.2 Å². The Morgan fingerprint density at radius 3 is 2.88 bits per heavy atom. The molecule has 0 fully saturated rings. The topological polar surface area (TPSA) is 189 Å². The van der Waals surface area contributed by atoms with Crippen LogP contribution in [0.4, 0.5) is 0 Å². The fourth-order valence-corrected chi connectivity index (χ4v) is 5.20. The van der Waals surface area contributed by atoms with Gasteiger partial charge in [-0.1, -0.05) is 18.2 Å². The Kier molecular flexibility index (Phi) is 5.66. The summed E-state index contributed by atoms with van der Waals surface area (Å²) in [5, 5.41) is 19.9. The van der Waals surface area contributed by atoms with Gasteiger partial charge < -0.3 is 20.0 Å². The highest BCUT2D eigenvalue weighted by atomic mass is 16.3. The van der Waals surface area contributed by atoms with E-state index in [1.807, 2.05) is 30.3 Å². The number of amides is 2. The summed E-state index contributed by atoms with van der Waals surface area (Å²) in [7, 11) is 0. The molecule has 2 amide bonds. The van der Waals surface area contributed by atoms with Crippen LogP contribution in [0.1, 0.15) is 56.0 Å². The molecule has 4 heterocycles. The number of nitrogens with one attached hydrogen (secondary N) is 4. The van der Waals surface area contributed by atoms with E-state index in [4.69, 9.17) is 4.42 Å². The van der Waals surface area contributed by atoms with Crippen molar-refractivity contribution in [1.29, 1.82) is 0 Å². The number of aromatic amines is 2. The Morgan fingerprint density at radius 2 is 2.02 bits per heavy atom. The summed E-state index contributed by atoms with van der Waals surface area (Å²) < 4.78 is 6.65. The van der Waals surface area contributed by atoms with E-state index in [9.17, 15) is 14.4 Å². The lowest BCUT2D eigenvalue weighted by molar-refractivity contribution is 0.0929.